The highest BCUT2D eigenvalue weighted by Gasteiger charge is 2.13. The molecule has 0 aliphatic rings. The van der Waals surface area contributed by atoms with E-state index in [4.69, 9.17) is 15.2 Å². The lowest BCUT2D eigenvalue weighted by molar-refractivity contribution is -0.123. The zero-order chi connectivity index (χ0) is 16.5. The maximum Gasteiger partial charge on any atom is 0.243 e. The number of halogens is 2. The van der Waals surface area contributed by atoms with Gasteiger partial charge >= 0.3 is 0 Å². The molecule has 0 atom stereocenters. The van der Waals surface area contributed by atoms with Crippen molar-refractivity contribution < 1.29 is 19.1 Å². The van der Waals surface area contributed by atoms with Gasteiger partial charge in [0.05, 0.1) is 32.0 Å². The van der Waals surface area contributed by atoms with Gasteiger partial charge in [-0.25, -0.2) is 0 Å². The highest BCUT2D eigenvalue weighted by Crippen LogP contribution is 2.36. The topological polar surface area (TPSA) is 103 Å². The van der Waals surface area contributed by atoms with E-state index in [1.54, 1.807) is 12.1 Å². The predicted molar refractivity (Wildman–Crippen MR) is 94.4 cm³/mol. The molecule has 0 unspecified atom stereocenters. The van der Waals surface area contributed by atoms with Crippen LogP contribution in [0.2, 0.25) is 0 Å². The molecule has 0 spiro atoms. The Morgan fingerprint density at radius 3 is 2.22 bits per heavy atom. The van der Waals surface area contributed by atoms with Gasteiger partial charge in [0.2, 0.25) is 11.8 Å². The zero-order valence-corrected chi connectivity index (χ0v) is 15.4. The quantitative estimate of drug-likeness (QED) is 0.605. The summed E-state index contributed by atoms with van der Waals surface area (Å²) in [5.41, 5.74) is 5.68. The molecule has 0 bridgehead atoms. The Hall–Kier alpha value is -1.51. The molecule has 7 nitrogen and oxygen atoms in total. The van der Waals surface area contributed by atoms with E-state index in [1.165, 1.54) is 0 Å². The van der Waals surface area contributed by atoms with E-state index in [1.807, 2.05) is 13.8 Å². The van der Waals surface area contributed by atoms with Gasteiger partial charge in [-0.2, -0.15) is 0 Å². The molecule has 0 radical (unpaired) electrons. The van der Waals surface area contributed by atoms with Crippen LogP contribution in [0.3, 0.4) is 0 Å². The van der Waals surface area contributed by atoms with Gasteiger partial charge < -0.3 is 25.8 Å². The molecule has 0 saturated carbocycles. The van der Waals surface area contributed by atoms with Gasteiger partial charge in [0.15, 0.2) is 11.5 Å². The number of nitrogens with one attached hydrogen (secondary N) is 2. The number of rotatable bonds is 8. The predicted octanol–water partition coefficient (Wildman–Crippen LogP) is 1.68. The Balaban J connectivity index is 0.00000484. The van der Waals surface area contributed by atoms with Crippen LogP contribution in [0, 0.1) is 0 Å². The summed E-state index contributed by atoms with van der Waals surface area (Å²) in [6.45, 7) is 4.40. The van der Waals surface area contributed by atoms with Crippen molar-refractivity contribution in [2.45, 2.75) is 13.8 Å². The Morgan fingerprint density at radius 2 is 1.70 bits per heavy atom. The molecule has 1 aromatic carbocycles. The molecule has 1 rings (SSSR count). The number of carbonyl (C=O) groups is 2. The van der Waals surface area contributed by atoms with Crippen molar-refractivity contribution in [1.29, 1.82) is 0 Å². The van der Waals surface area contributed by atoms with Crippen molar-refractivity contribution in [2.24, 2.45) is 5.73 Å². The molecule has 0 aromatic heterocycles. The molecule has 9 heteroatoms. The highest BCUT2D eigenvalue weighted by molar-refractivity contribution is 9.10. The zero-order valence-electron chi connectivity index (χ0n) is 13.0. The number of anilines is 1. The lowest BCUT2D eigenvalue weighted by Crippen LogP contribution is -2.36. The number of hydrogen-bond acceptors (Lipinski definition) is 5. The first-order chi connectivity index (χ1) is 10.5. The van der Waals surface area contributed by atoms with Gasteiger partial charge in [-0.3, -0.25) is 9.59 Å². The summed E-state index contributed by atoms with van der Waals surface area (Å²) >= 11 is 3.37. The third-order valence-electron chi connectivity index (χ3n) is 2.54. The average molecular weight is 411 g/mol. The number of amides is 2. The fourth-order valence-corrected chi connectivity index (χ4v) is 2.03. The van der Waals surface area contributed by atoms with Gasteiger partial charge in [0.25, 0.3) is 0 Å². The van der Waals surface area contributed by atoms with E-state index in [2.05, 4.69) is 26.6 Å². The minimum atomic E-state index is -0.393. The van der Waals surface area contributed by atoms with Gasteiger partial charge in [0.1, 0.15) is 0 Å². The summed E-state index contributed by atoms with van der Waals surface area (Å²) in [5.74, 6) is 0.365. The standard InChI is InChI=1S/C14H20BrN3O4.ClH/c1-3-21-11-5-9(15)10(6-12(11)22-4-2)18-14(20)8-17-13(19)7-16;/h5-6H,3-4,7-8,16H2,1-2H3,(H,17,19)(H,18,20);1H. The van der Waals surface area contributed by atoms with Crippen molar-refractivity contribution in [1.82, 2.24) is 5.32 Å². The number of hydrogen-bond donors (Lipinski definition) is 3. The normalized spacial score (nSPS) is 9.57. The Morgan fingerprint density at radius 1 is 1.13 bits per heavy atom. The molecule has 0 fully saturated rings. The Bertz CT molecular complexity index is 543. The summed E-state index contributed by atoms with van der Waals surface area (Å²) in [6, 6.07) is 3.39. The maximum absolute atomic E-state index is 11.8. The number of carbonyl (C=O) groups excluding carboxylic acids is 2. The van der Waals surface area contributed by atoms with Crippen LogP contribution in [0.5, 0.6) is 11.5 Å². The van der Waals surface area contributed by atoms with Crippen LogP contribution in [-0.4, -0.2) is 38.1 Å². The minimum Gasteiger partial charge on any atom is -0.490 e. The van der Waals surface area contributed by atoms with Crippen LogP contribution >= 0.6 is 28.3 Å². The molecule has 2 amide bonds. The van der Waals surface area contributed by atoms with E-state index in [-0.39, 0.29) is 31.4 Å². The molecular formula is C14H21BrClN3O4. The van der Waals surface area contributed by atoms with Crippen LogP contribution in [0.15, 0.2) is 16.6 Å². The van der Waals surface area contributed by atoms with Crippen molar-refractivity contribution in [3.8, 4) is 11.5 Å². The van der Waals surface area contributed by atoms with Crippen LogP contribution in [0.1, 0.15) is 13.8 Å². The largest absolute Gasteiger partial charge is 0.490 e. The van der Waals surface area contributed by atoms with Gasteiger partial charge in [-0.05, 0) is 29.8 Å². The molecule has 0 aliphatic heterocycles. The fourth-order valence-electron chi connectivity index (χ4n) is 1.61. The highest BCUT2D eigenvalue weighted by atomic mass is 79.9. The minimum absolute atomic E-state index is 0. The van der Waals surface area contributed by atoms with E-state index in [9.17, 15) is 9.59 Å². The molecule has 0 heterocycles. The molecule has 130 valence electrons. The van der Waals surface area contributed by atoms with Crippen molar-refractivity contribution in [3.63, 3.8) is 0 Å². The van der Waals surface area contributed by atoms with Crippen LogP contribution in [0.25, 0.3) is 0 Å². The summed E-state index contributed by atoms with van der Waals surface area (Å²) in [4.78, 5) is 22.8. The molecule has 0 saturated heterocycles. The molecule has 0 aliphatic carbocycles. The van der Waals surface area contributed by atoms with Crippen LogP contribution in [0.4, 0.5) is 5.69 Å². The summed E-state index contributed by atoms with van der Waals surface area (Å²) < 4.78 is 11.6. The van der Waals surface area contributed by atoms with Gasteiger partial charge in [0, 0.05) is 16.6 Å². The smallest absolute Gasteiger partial charge is 0.243 e. The van der Waals surface area contributed by atoms with Crippen molar-refractivity contribution in [3.05, 3.63) is 16.6 Å². The fraction of sp³-hybridized carbons (Fsp3) is 0.429. The van der Waals surface area contributed by atoms with E-state index in [0.29, 0.717) is 34.9 Å². The molecular weight excluding hydrogens is 390 g/mol. The first-order valence-corrected chi connectivity index (χ1v) is 7.66. The summed E-state index contributed by atoms with van der Waals surface area (Å²) in [7, 11) is 0. The lowest BCUT2D eigenvalue weighted by atomic mass is 10.2. The average Bonchev–Trinajstić information content (AvgIpc) is 2.49. The number of benzene rings is 1. The molecule has 4 N–H and O–H groups in total. The Kier molecular flexibility index (Phi) is 10.4. The second kappa shape index (κ2) is 11.1. The summed E-state index contributed by atoms with van der Waals surface area (Å²) in [5, 5.41) is 5.08. The maximum atomic E-state index is 11.8. The van der Waals surface area contributed by atoms with Gasteiger partial charge in [-0.15, -0.1) is 12.4 Å². The van der Waals surface area contributed by atoms with E-state index in [0.717, 1.165) is 0 Å². The van der Waals surface area contributed by atoms with E-state index >= 15 is 0 Å². The van der Waals surface area contributed by atoms with E-state index < -0.39 is 5.91 Å². The second-order valence-corrected chi connectivity index (χ2v) is 5.03. The number of ether oxygens (including phenoxy) is 2. The first kappa shape index (κ1) is 21.5. The molecule has 23 heavy (non-hydrogen) atoms. The van der Waals surface area contributed by atoms with Crippen LogP contribution in [-0.2, 0) is 9.59 Å². The summed E-state index contributed by atoms with van der Waals surface area (Å²) in [6.07, 6.45) is 0. The SMILES string of the molecule is CCOc1cc(Br)c(NC(=O)CNC(=O)CN)cc1OCC.Cl. The first-order valence-electron chi connectivity index (χ1n) is 6.87. The number of nitrogens with two attached hydrogens (primary N) is 1. The lowest BCUT2D eigenvalue weighted by Gasteiger charge is -2.15. The van der Waals surface area contributed by atoms with Crippen molar-refractivity contribution in [2.75, 3.05) is 31.6 Å². The third kappa shape index (κ3) is 7.06. The van der Waals surface area contributed by atoms with Crippen molar-refractivity contribution >= 4 is 45.8 Å². The monoisotopic (exact) mass is 409 g/mol. The van der Waals surface area contributed by atoms with Crippen LogP contribution < -0.4 is 25.8 Å². The Labute approximate surface area is 149 Å². The molecule has 1 aromatic rings. The van der Waals surface area contributed by atoms with Gasteiger partial charge in [-0.1, -0.05) is 0 Å². The third-order valence-corrected chi connectivity index (χ3v) is 3.19. The second-order valence-electron chi connectivity index (χ2n) is 4.17.